The minimum Gasteiger partial charge on any atom is -0.492 e. The summed E-state index contributed by atoms with van der Waals surface area (Å²) in [5, 5.41) is 3.40. The second kappa shape index (κ2) is 8.12. The Morgan fingerprint density at radius 3 is 2.58 bits per heavy atom. The summed E-state index contributed by atoms with van der Waals surface area (Å²) in [6.45, 7) is 11.4. The summed E-state index contributed by atoms with van der Waals surface area (Å²) in [7, 11) is 0. The van der Waals surface area contributed by atoms with Gasteiger partial charge < -0.3 is 14.8 Å². The van der Waals surface area contributed by atoms with Crippen LogP contribution in [0.2, 0.25) is 0 Å². The van der Waals surface area contributed by atoms with Gasteiger partial charge in [-0.15, -0.1) is 0 Å². The Labute approximate surface area is 116 Å². The SMILES string of the molecule is CCOCCCOc1ccc(CNC(C)(C)C)nc1. The van der Waals surface area contributed by atoms with Gasteiger partial charge in [0, 0.05) is 31.7 Å². The summed E-state index contributed by atoms with van der Waals surface area (Å²) < 4.78 is 10.8. The van der Waals surface area contributed by atoms with Crippen LogP contribution in [0, 0.1) is 0 Å². The second-order valence-corrected chi connectivity index (χ2v) is 5.49. The fraction of sp³-hybridized carbons (Fsp3) is 0.667. The Bertz CT molecular complexity index is 344. The molecule has 0 saturated carbocycles. The molecule has 0 unspecified atom stereocenters. The molecule has 0 aliphatic heterocycles. The van der Waals surface area contributed by atoms with Crippen molar-refractivity contribution in [3.05, 3.63) is 24.0 Å². The third-order valence-corrected chi connectivity index (χ3v) is 2.50. The zero-order chi connectivity index (χ0) is 14.1. The highest BCUT2D eigenvalue weighted by molar-refractivity contribution is 5.19. The Balaban J connectivity index is 2.27. The third kappa shape index (κ3) is 7.80. The summed E-state index contributed by atoms with van der Waals surface area (Å²) in [5.41, 5.74) is 1.13. The van der Waals surface area contributed by atoms with Crippen molar-refractivity contribution >= 4 is 0 Å². The van der Waals surface area contributed by atoms with E-state index < -0.39 is 0 Å². The molecule has 0 fully saturated rings. The lowest BCUT2D eigenvalue weighted by Gasteiger charge is -2.20. The fourth-order valence-corrected chi connectivity index (χ4v) is 1.45. The Kier molecular flexibility index (Phi) is 6.81. The standard InChI is InChI=1S/C15H26N2O2/c1-5-18-9-6-10-19-14-8-7-13(16-12-14)11-17-15(2,3)4/h7-8,12,17H,5-6,9-11H2,1-4H3. The van der Waals surface area contributed by atoms with Gasteiger partial charge in [0.2, 0.25) is 0 Å². The molecular formula is C15H26N2O2. The van der Waals surface area contributed by atoms with Crippen LogP contribution in [0.5, 0.6) is 5.75 Å². The molecule has 0 bridgehead atoms. The van der Waals surface area contributed by atoms with Gasteiger partial charge in [-0.2, -0.15) is 0 Å². The van der Waals surface area contributed by atoms with E-state index in [9.17, 15) is 0 Å². The number of aromatic nitrogens is 1. The highest BCUT2D eigenvalue weighted by atomic mass is 16.5. The van der Waals surface area contributed by atoms with Gasteiger partial charge in [-0.1, -0.05) is 0 Å². The molecule has 1 N–H and O–H groups in total. The van der Waals surface area contributed by atoms with E-state index >= 15 is 0 Å². The van der Waals surface area contributed by atoms with E-state index in [2.05, 4.69) is 31.1 Å². The van der Waals surface area contributed by atoms with Gasteiger partial charge >= 0.3 is 0 Å². The first-order valence-electron chi connectivity index (χ1n) is 6.92. The molecule has 0 amide bonds. The van der Waals surface area contributed by atoms with Crippen molar-refractivity contribution in [2.45, 2.75) is 46.2 Å². The number of nitrogens with one attached hydrogen (secondary N) is 1. The Hall–Kier alpha value is -1.13. The van der Waals surface area contributed by atoms with Crippen LogP contribution in [-0.4, -0.2) is 30.3 Å². The molecule has 0 radical (unpaired) electrons. The highest BCUT2D eigenvalue weighted by Gasteiger charge is 2.08. The molecule has 108 valence electrons. The summed E-state index contributed by atoms with van der Waals surface area (Å²) in [5.74, 6) is 0.816. The lowest BCUT2D eigenvalue weighted by Crippen LogP contribution is -2.35. The molecule has 1 rings (SSSR count). The lowest BCUT2D eigenvalue weighted by molar-refractivity contribution is 0.131. The smallest absolute Gasteiger partial charge is 0.137 e. The van der Waals surface area contributed by atoms with Gasteiger partial charge in [0.15, 0.2) is 0 Å². The maximum atomic E-state index is 5.59. The van der Waals surface area contributed by atoms with Gasteiger partial charge in [-0.3, -0.25) is 4.98 Å². The minimum atomic E-state index is 0.107. The van der Waals surface area contributed by atoms with E-state index in [1.54, 1.807) is 6.20 Å². The number of hydrogen-bond acceptors (Lipinski definition) is 4. The molecule has 0 atom stereocenters. The van der Waals surface area contributed by atoms with Crippen LogP contribution in [0.3, 0.4) is 0 Å². The van der Waals surface area contributed by atoms with Crippen LogP contribution < -0.4 is 10.1 Å². The summed E-state index contributed by atoms with van der Waals surface area (Å²) >= 11 is 0. The summed E-state index contributed by atoms with van der Waals surface area (Å²) in [6.07, 6.45) is 2.68. The van der Waals surface area contributed by atoms with Crippen molar-refractivity contribution in [2.24, 2.45) is 0 Å². The van der Waals surface area contributed by atoms with Gasteiger partial charge in [-0.25, -0.2) is 0 Å². The van der Waals surface area contributed by atoms with E-state index in [0.717, 1.165) is 37.6 Å². The van der Waals surface area contributed by atoms with Gasteiger partial charge in [0.1, 0.15) is 5.75 Å². The fourth-order valence-electron chi connectivity index (χ4n) is 1.45. The average molecular weight is 266 g/mol. The van der Waals surface area contributed by atoms with Crippen LogP contribution in [0.15, 0.2) is 18.3 Å². The second-order valence-electron chi connectivity index (χ2n) is 5.49. The molecule has 19 heavy (non-hydrogen) atoms. The first-order valence-corrected chi connectivity index (χ1v) is 6.92. The summed E-state index contributed by atoms with van der Waals surface area (Å²) in [6, 6.07) is 3.96. The largest absolute Gasteiger partial charge is 0.492 e. The zero-order valence-corrected chi connectivity index (χ0v) is 12.5. The van der Waals surface area contributed by atoms with Crippen LogP contribution in [-0.2, 0) is 11.3 Å². The van der Waals surface area contributed by atoms with E-state index in [4.69, 9.17) is 9.47 Å². The van der Waals surface area contributed by atoms with E-state index in [0.29, 0.717) is 6.61 Å². The molecule has 0 spiro atoms. The van der Waals surface area contributed by atoms with E-state index in [1.165, 1.54) is 0 Å². The van der Waals surface area contributed by atoms with Crippen LogP contribution in [0.25, 0.3) is 0 Å². The maximum Gasteiger partial charge on any atom is 0.137 e. The molecule has 1 heterocycles. The predicted molar refractivity (Wildman–Crippen MR) is 77.4 cm³/mol. The first-order chi connectivity index (χ1) is 9.01. The third-order valence-electron chi connectivity index (χ3n) is 2.50. The first kappa shape index (κ1) is 15.9. The molecule has 4 nitrogen and oxygen atoms in total. The zero-order valence-electron chi connectivity index (χ0n) is 12.5. The van der Waals surface area contributed by atoms with Crippen molar-refractivity contribution in [3.63, 3.8) is 0 Å². The minimum absolute atomic E-state index is 0.107. The van der Waals surface area contributed by atoms with Crippen LogP contribution in [0.4, 0.5) is 0 Å². The number of pyridine rings is 1. The quantitative estimate of drug-likeness (QED) is 0.735. The van der Waals surface area contributed by atoms with E-state index in [-0.39, 0.29) is 5.54 Å². The molecule has 0 saturated heterocycles. The lowest BCUT2D eigenvalue weighted by atomic mass is 10.1. The molecule has 0 aromatic carbocycles. The predicted octanol–water partition coefficient (Wildman–Crippen LogP) is 2.78. The maximum absolute atomic E-state index is 5.59. The highest BCUT2D eigenvalue weighted by Crippen LogP contribution is 2.10. The van der Waals surface area contributed by atoms with Gasteiger partial charge in [0.25, 0.3) is 0 Å². The molecule has 0 aliphatic carbocycles. The van der Waals surface area contributed by atoms with Crippen molar-refractivity contribution in [1.82, 2.24) is 10.3 Å². The molecular weight excluding hydrogens is 240 g/mol. The number of hydrogen-bond donors (Lipinski definition) is 1. The topological polar surface area (TPSA) is 43.4 Å². The average Bonchev–Trinajstić information content (AvgIpc) is 2.37. The van der Waals surface area contributed by atoms with Crippen LogP contribution in [0.1, 0.15) is 39.8 Å². The number of ether oxygens (including phenoxy) is 2. The van der Waals surface area contributed by atoms with Gasteiger partial charge in [0.05, 0.1) is 18.5 Å². The monoisotopic (exact) mass is 266 g/mol. The Morgan fingerprint density at radius 2 is 2.00 bits per heavy atom. The molecule has 4 heteroatoms. The van der Waals surface area contributed by atoms with Gasteiger partial charge in [-0.05, 0) is 39.8 Å². The van der Waals surface area contributed by atoms with Crippen molar-refractivity contribution in [1.29, 1.82) is 0 Å². The summed E-state index contributed by atoms with van der Waals surface area (Å²) in [4.78, 5) is 4.38. The van der Waals surface area contributed by atoms with Crippen LogP contribution >= 0.6 is 0 Å². The molecule has 1 aromatic rings. The van der Waals surface area contributed by atoms with Crippen molar-refractivity contribution in [3.8, 4) is 5.75 Å². The molecule has 1 aromatic heterocycles. The van der Waals surface area contributed by atoms with Crippen molar-refractivity contribution in [2.75, 3.05) is 19.8 Å². The Morgan fingerprint density at radius 1 is 1.21 bits per heavy atom. The molecule has 0 aliphatic rings. The van der Waals surface area contributed by atoms with Crippen molar-refractivity contribution < 1.29 is 9.47 Å². The number of nitrogens with zero attached hydrogens (tertiary/aromatic N) is 1. The number of rotatable bonds is 8. The normalized spacial score (nSPS) is 11.6. The van der Waals surface area contributed by atoms with E-state index in [1.807, 2.05) is 19.1 Å².